The number of hydrogen-bond donors (Lipinski definition) is 1. The number of carbonyl (C=O) groups excluding carboxylic acids is 2. The maximum absolute atomic E-state index is 13.1. The SMILES string of the molecule is CN(C)C(=O)NC1CCC(CCN2CCC(C(=O)c3ccc(F)cc3)CC2)CC1. The molecular weight excluding hydrogens is 369 g/mol. The van der Waals surface area contributed by atoms with Gasteiger partial charge < -0.3 is 15.1 Å². The third-order valence-electron chi connectivity index (χ3n) is 6.52. The largest absolute Gasteiger partial charge is 0.335 e. The predicted octanol–water partition coefficient (Wildman–Crippen LogP) is 3.94. The fourth-order valence-electron chi connectivity index (χ4n) is 4.53. The minimum atomic E-state index is -0.300. The summed E-state index contributed by atoms with van der Waals surface area (Å²) in [7, 11) is 3.55. The molecule has 1 aliphatic carbocycles. The molecule has 1 saturated heterocycles. The number of likely N-dealkylation sites (tertiary alicyclic amines) is 1. The summed E-state index contributed by atoms with van der Waals surface area (Å²) >= 11 is 0. The first-order valence-corrected chi connectivity index (χ1v) is 10.9. The fourth-order valence-corrected chi connectivity index (χ4v) is 4.53. The van der Waals surface area contributed by atoms with Crippen LogP contribution in [-0.2, 0) is 0 Å². The molecule has 1 aliphatic heterocycles. The third-order valence-corrected chi connectivity index (χ3v) is 6.52. The van der Waals surface area contributed by atoms with E-state index >= 15 is 0 Å². The summed E-state index contributed by atoms with van der Waals surface area (Å²) in [4.78, 5) is 28.4. The zero-order valence-corrected chi connectivity index (χ0v) is 17.7. The molecule has 2 aliphatic rings. The molecule has 1 N–H and O–H groups in total. The molecule has 160 valence electrons. The third kappa shape index (κ3) is 6.26. The van der Waals surface area contributed by atoms with Crippen LogP contribution in [0.15, 0.2) is 24.3 Å². The minimum absolute atomic E-state index is 0.00602. The Morgan fingerprint density at radius 3 is 2.24 bits per heavy atom. The second-order valence-electron chi connectivity index (χ2n) is 8.84. The zero-order chi connectivity index (χ0) is 20.8. The van der Waals surface area contributed by atoms with E-state index in [0.717, 1.165) is 51.2 Å². The summed E-state index contributed by atoms with van der Waals surface area (Å²) in [5, 5.41) is 3.10. The van der Waals surface area contributed by atoms with Crippen molar-refractivity contribution >= 4 is 11.8 Å². The lowest BCUT2D eigenvalue weighted by Gasteiger charge is -2.34. The number of hydrogen-bond acceptors (Lipinski definition) is 3. The molecule has 0 bridgehead atoms. The molecule has 6 heteroatoms. The highest BCUT2D eigenvalue weighted by Crippen LogP contribution is 2.28. The van der Waals surface area contributed by atoms with E-state index < -0.39 is 0 Å². The van der Waals surface area contributed by atoms with Crippen LogP contribution in [0.4, 0.5) is 9.18 Å². The summed E-state index contributed by atoms with van der Waals surface area (Å²) in [6.45, 7) is 3.02. The van der Waals surface area contributed by atoms with Crippen molar-refractivity contribution in [1.82, 2.24) is 15.1 Å². The van der Waals surface area contributed by atoms with Crippen molar-refractivity contribution in [2.24, 2.45) is 11.8 Å². The standard InChI is InChI=1S/C23H34FN3O2/c1-26(2)23(29)25-21-9-3-17(4-10-21)11-14-27-15-12-19(13-16-27)22(28)18-5-7-20(24)8-6-18/h5-8,17,19,21H,3-4,9-16H2,1-2H3,(H,25,29). The lowest BCUT2D eigenvalue weighted by Crippen LogP contribution is -2.43. The summed E-state index contributed by atoms with van der Waals surface area (Å²) < 4.78 is 13.1. The van der Waals surface area contributed by atoms with Crippen LogP contribution in [0, 0.1) is 17.7 Å². The van der Waals surface area contributed by atoms with Gasteiger partial charge in [0.1, 0.15) is 5.82 Å². The molecule has 1 saturated carbocycles. The first-order chi connectivity index (χ1) is 13.9. The molecule has 1 aromatic rings. The number of halogens is 1. The Morgan fingerprint density at radius 1 is 1.03 bits per heavy atom. The topological polar surface area (TPSA) is 52.7 Å². The molecule has 1 heterocycles. The molecule has 3 rings (SSSR count). The molecule has 0 spiro atoms. The molecule has 0 radical (unpaired) electrons. The zero-order valence-electron chi connectivity index (χ0n) is 17.7. The summed E-state index contributed by atoms with van der Waals surface area (Å²) in [5.74, 6) is 0.654. The molecule has 0 atom stereocenters. The normalized spacial score (nSPS) is 23.6. The highest BCUT2D eigenvalue weighted by atomic mass is 19.1. The predicted molar refractivity (Wildman–Crippen MR) is 112 cm³/mol. The smallest absolute Gasteiger partial charge is 0.317 e. The number of nitrogens with zero attached hydrogens (tertiary/aromatic N) is 2. The molecule has 0 aromatic heterocycles. The number of Topliss-reactive ketones (excluding diaryl/α,β-unsaturated/α-hetero) is 1. The van der Waals surface area contributed by atoms with Crippen molar-refractivity contribution in [3.05, 3.63) is 35.6 Å². The average Bonchev–Trinajstić information content (AvgIpc) is 2.73. The van der Waals surface area contributed by atoms with Gasteiger partial charge in [-0.05, 0) is 94.8 Å². The highest BCUT2D eigenvalue weighted by molar-refractivity contribution is 5.97. The van der Waals surface area contributed by atoms with E-state index in [9.17, 15) is 14.0 Å². The van der Waals surface area contributed by atoms with Crippen LogP contribution in [0.2, 0.25) is 0 Å². The quantitative estimate of drug-likeness (QED) is 0.732. The van der Waals surface area contributed by atoms with Crippen LogP contribution in [-0.4, -0.2) is 61.4 Å². The Balaban J connectivity index is 1.34. The van der Waals surface area contributed by atoms with Gasteiger partial charge in [0, 0.05) is 31.6 Å². The fraction of sp³-hybridized carbons (Fsp3) is 0.652. The van der Waals surface area contributed by atoms with Gasteiger partial charge in [-0.2, -0.15) is 0 Å². The Labute approximate surface area is 173 Å². The summed E-state index contributed by atoms with van der Waals surface area (Å²) in [5.41, 5.74) is 0.628. The maximum Gasteiger partial charge on any atom is 0.317 e. The first-order valence-electron chi connectivity index (χ1n) is 10.9. The molecule has 2 amide bonds. The van der Waals surface area contributed by atoms with Crippen LogP contribution in [0.5, 0.6) is 0 Å². The van der Waals surface area contributed by atoms with E-state index in [0.29, 0.717) is 11.6 Å². The molecule has 0 unspecified atom stereocenters. The van der Waals surface area contributed by atoms with E-state index in [2.05, 4.69) is 10.2 Å². The second-order valence-corrected chi connectivity index (χ2v) is 8.84. The van der Waals surface area contributed by atoms with Crippen LogP contribution in [0.3, 0.4) is 0 Å². The van der Waals surface area contributed by atoms with E-state index in [1.807, 2.05) is 0 Å². The number of rotatable bonds is 6. The average molecular weight is 404 g/mol. The van der Waals surface area contributed by atoms with E-state index in [4.69, 9.17) is 0 Å². The second kappa shape index (κ2) is 10.2. The van der Waals surface area contributed by atoms with Crippen molar-refractivity contribution < 1.29 is 14.0 Å². The first kappa shape index (κ1) is 21.8. The highest BCUT2D eigenvalue weighted by Gasteiger charge is 2.27. The summed E-state index contributed by atoms with van der Waals surface area (Å²) in [6, 6.07) is 6.25. The van der Waals surface area contributed by atoms with Gasteiger partial charge >= 0.3 is 6.03 Å². The molecule has 29 heavy (non-hydrogen) atoms. The van der Waals surface area contributed by atoms with E-state index in [1.165, 1.54) is 31.4 Å². The van der Waals surface area contributed by atoms with Gasteiger partial charge in [-0.15, -0.1) is 0 Å². The minimum Gasteiger partial charge on any atom is -0.335 e. The number of urea groups is 1. The summed E-state index contributed by atoms with van der Waals surface area (Å²) in [6.07, 6.45) is 7.47. The Kier molecular flexibility index (Phi) is 7.64. The van der Waals surface area contributed by atoms with E-state index in [-0.39, 0.29) is 23.5 Å². The molecule has 5 nitrogen and oxygen atoms in total. The lowest BCUT2D eigenvalue weighted by molar-refractivity contribution is 0.0832. The maximum atomic E-state index is 13.1. The van der Waals surface area contributed by atoms with Crippen molar-refractivity contribution in [1.29, 1.82) is 0 Å². The number of ketones is 1. The monoisotopic (exact) mass is 403 g/mol. The van der Waals surface area contributed by atoms with E-state index in [1.54, 1.807) is 31.1 Å². The number of carbonyl (C=O) groups is 2. The van der Waals surface area contributed by atoms with Gasteiger partial charge in [-0.1, -0.05) is 0 Å². The molecule has 2 fully saturated rings. The van der Waals surface area contributed by atoms with Crippen LogP contribution < -0.4 is 5.32 Å². The van der Waals surface area contributed by atoms with Crippen LogP contribution >= 0.6 is 0 Å². The van der Waals surface area contributed by atoms with Crippen molar-refractivity contribution in [3.8, 4) is 0 Å². The Bertz CT molecular complexity index is 676. The van der Waals surface area contributed by atoms with Gasteiger partial charge in [0.25, 0.3) is 0 Å². The van der Waals surface area contributed by atoms with Gasteiger partial charge in [-0.25, -0.2) is 9.18 Å². The lowest BCUT2D eigenvalue weighted by atomic mass is 9.83. The van der Waals surface area contributed by atoms with Crippen LogP contribution in [0.1, 0.15) is 55.3 Å². The van der Waals surface area contributed by atoms with Crippen LogP contribution in [0.25, 0.3) is 0 Å². The van der Waals surface area contributed by atoms with Crippen molar-refractivity contribution in [3.63, 3.8) is 0 Å². The number of nitrogens with one attached hydrogen (secondary N) is 1. The number of piperidine rings is 1. The molecule has 1 aromatic carbocycles. The van der Waals surface area contributed by atoms with Gasteiger partial charge in [0.2, 0.25) is 0 Å². The van der Waals surface area contributed by atoms with Gasteiger partial charge in [-0.3, -0.25) is 4.79 Å². The molecular formula is C23H34FN3O2. The van der Waals surface area contributed by atoms with Gasteiger partial charge in [0.05, 0.1) is 0 Å². The van der Waals surface area contributed by atoms with Crippen molar-refractivity contribution in [2.75, 3.05) is 33.7 Å². The number of benzene rings is 1. The Morgan fingerprint density at radius 2 is 1.66 bits per heavy atom. The van der Waals surface area contributed by atoms with Crippen molar-refractivity contribution in [2.45, 2.75) is 51.0 Å². The number of amides is 2. The van der Waals surface area contributed by atoms with Gasteiger partial charge in [0.15, 0.2) is 5.78 Å². The Hall–Kier alpha value is -1.95.